The molecule has 0 aliphatic heterocycles. The molecule has 0 atom stereocenters. The van der Waals surface area contributed by atoms with Crippen molar-refractivity contribution in [2.75, 3.05) is 23.8 Å². The molecule has 0 bridgehead atoms. The van der Waals surface area contributed by atoms with E-state index in [-0.39, 0.29) is 29.6 Å². The lowest BCUT2D eigenvalue weighted by Crippen LogP contribution is -2.17. The van der Waals surface area contributed by atoms with Gasteiger partial charge in [-0.3, -0.25) is 0 Å². The van der Waals surface area contributed by atoms with Crippen LogP contribution in [0.25, 0.3) is 11.3 Å². The van der Waals surface area contributed by atoms with E-state index in [0.29, 0.717) is 13.0 Å². The van der Waals surface area contributed by atoms with Crippen LogP contribution in [0.15, 0.2) is 48.5 Å². The zero-order valence-electron chi connectivity index (χ0n) is 15.9. The van der Waals surface area contributed by atoms with Crippen LogP contribution in [0.1, 0.15) is 6.42 Å². The normalized spacial score (nSPS) is 11.3. The lowest BCUT2D eigenvalue weighted by molar-refractivity contribution is -0.274. The molecular weight excluding hydrogens is 423 g/mol. The first-order valence-electron chi connectivity index (χ1n) is 9.06. The minimum Gasteiger partial charge on any atom is -0.406 e. The maximum absolute atomic E-state index is 14.0. The van der Waals surface area contributed by atoms with Gasteiger partial charge in [-0.25, -0.2) is 13.8 Å². The Morgan fingerprint density at radius 3 is 2.35 bits per heavy atom. The van der Waals surface area contributed by atoms with Gasteiger partial charge in [-0.05, 0) is 30.7 Å². The van der Waals surface area contributed by atoms with Crippen molar-refractivity contribution in [2.45, 2.75) is 12.8 Å². The number of hydrogen-bond donors (Lipinski definition) is 3. The number of anilines is 3. The Hall–Kier alpha value is -3.47. The summed E-state index contributed by atoms with van der Waals surface area (Å²) in [5, 5.41) is 14.3. The highest BCUT2D eigenvalue weighted by molar-refractivity contribution is 5.68. The molecule has 0 spiro atoms. The van der Waals surface area contributed by atoms with Crippen LogP contribution < -0.4 is 15.4 Å². The number of halogens is 5. The fraction of sp³-hybridized carbons (Fsp3) is 0.200. The third-order valence-corrected chi connectivity index (χ3v) is 3.92. The van der Waals surface area contributed by atoms with Gasteiger partial charge < -0.3 is 20.5 Å². The lowest BCUT2D eigenvalue weighted by Gasteiger charge is -2.13. The first-order chi connectivity index (χ1) is 14.7. The fourth-order valence-corrected chi connectivity index (χ4v) is 2.62. The van der Waals surface area contributed by atoms with E-state index in [1.807, 2.05) is 0 Å². The molecule has 0 aliphatic carbocycles. The molecule has 3 N–H and O–H groups in total. The zero-order valence-corrected chi connectivity index (χ0v) is 15.9. The zero-order chi connectivity index (χ0) is 22.4. The van der Waals surface area contributed by atoms with Crippen molar-refractivity contribution < 1.29 is 31.8 Å². The molecule has 0 unspecified atom stereocenters. The smallest absolute Gasteiger partial charge is 0.406 e. The Morgan fingerprint density at radius 2 is 1.68 bits per heavy atom. The van der Waals surface area contributed by atoms with Crippen molar-refractivity contribution in [3.05, 3.63) is 60.2 Å². The van der Waals surface area contributed by atoms with Gasteiger partial charge >= 0.3 is 6.36 Å². The van der Waals surface area contributed by atoms with Crippen LogP contribution in [0.4, 0.5) is 39.4 Å². The number of aromatic nitrogens is 2. The number of rotatable bonds is 8. The average molecular weight is 440 g/mol. The quantitative estimate of drug-likeness (QED) is 0.343. The van der Waals surface area contributed by atoms with Gasteiger partial charge in [0.25, 0.3) is 0 Å². The van der Waals surface area contributed by atoms with Gasteiger partial charge in [0.05, 0.1) is 5.69 Å². The van der Waals surface area contributed by atoms with E-state index >= 15 is 0 Å². The van der Waals surface area contributed by atoms with Gasteiger partial charge in [0.15, 0.2) is 0 Å². The van der Waals surface area contributed by atoms with Gasteiger partial charge in [0.2, 0.25) is 5.95 Å². The number of nitrogens with zero attached hydrogens (tertiary/aromatic N) is 2. The van der Waals surface area contributed by atoms with Gasteiger partial charge in [-0.15, -0.1) is 13.2 Å². The van der Waals surface area contributed by atoms with E-state index in [0.717, 1.165) is 24.3 Å². The van der Waals surface area contributed by atoms with Crippen LogP contribution >= 0.6 is 0 Å². The van der Waals surface area contributed by atoms with Crippen LogP contribution in [0.3, 0.4) is 0 Å². The first kappa shape index (κ1) is 22.2. The SMILES string of the molecule is OCCCNc1nc(Nc2c(F)cccc2F)cc(-c2cccc(OC(F)(F)F)c2)n1. The number of benzene rings is 2. The molecule has 1 heterocycles. The number of aliphatic hydroxyl groups excluding tert-OH is 1. The highest BCUT2D eigenvalue weighted by Crippen LogP contribution is 2.30. The summed E-state index contributed by atoms with van der Waals surface area (Å²) < 4.78 is 69.5. The van der Waals surface area contributed by atoms with Gasteiger partial charge in [0, 0.05) is 24.8 Å². The average Bonchev–Trinajstić information content (AvgIpc) is 2.70. The molecule has 164 valence electrons. The summed E-state index contributed by atoms with van der Waals surface area (Å²) in [6, 6.07) is 9.76. The monoisotopic (exact) mass is 440 g/mol. The summed E-state index contributed by atoms with van der Waals surface area (Å²) >= 11 is 0. The highest BCUT2D eigenvalue weighted by atomic mass is 19.4. The minimum atomic E-state index is -4.86. The standard InChI is InChI=1S/C20H17F5N4O2/c21-14-6-2-7-15(22)18(14)28-17-11-16(27-19(29-17)26-8-3-9-30)12-4-1-5-13(10-12)31-20(23,24)25/h1-2,4-7,10-11,30H,3,8-9H2,(H2,26,27,28,29). The van der Waals surface area contributed by atoms with Crippen molar-refractivity contribution in [3.8, 4) is 17.0 Å². The number of alkyl halides is 3. The van der Waals surface area contributed by atoms with Crippen molar-refractivity contribution in [1.82, 2.24) is 9.97 Å². The van der Waals surface area contributed by atoms with Crippen molar-refractivity contribution in [1.29, 1.82) is 0 Å². The fourth-order valence-electron chi connectivity index (χ4n) is 2.62. The predicted molar refractivity (Wildman–Crippen MR) is 104 cm³/mol. The molecule has 3 aromatic rings. The summed E-state index contributed by atoms with van der Waals surface area (Å²) in [5.74, 6) is -2.10. The molecule has 11 heteroatoms. The number of aliphatic hydroxyl groups is 1. The van der Waals surface area contributed by atoms with Crippen LogP contribution in [0.2, 0.25) is 0 Å². The number of ether oxygens (including phenoxy) is 1. The van der Waals surface area contributed by atoms with E-state index in [4.69, 9.17) is 5.11 Å². The Labute approximate surface area is 173 Å². The Morgan fingerprint density at radius 1 is 0.968 bits per heavy atom. The summed E-state index contributed by atoms with van der Waals surface area (Å²) in [6.07, 6.45) is -4.48. The molecule has 0 radical (unpaired) electrons. The van der Waals surface area contributed by atoms with Gasteiger partial charge in [-0.1, -0.05) is 18.2 Å². The highest BCUT2D eigenvalue weighted by Gasteiger charge is 2.31. The molecule has 31 heavy (non-hydrogen) atoms. The van der Waals surface area contributed by atoms with E-state index < -0.39 is 29.4 Å². The van der Waals surface area contributed by atoms with Crippen molar-refractivity contribution in [3.63, 3.8) is 0 Å². The molecule has 2 aromatic carbocycles. The molecule has 1 aromatic heterocycles. The molecule has 0 aliphatic rings. The van der Waals surface area contributed by atoms with Crippen LogP contribution in [-0.4, -0.2) is 34.6 Å². The Bertz CT molecular complexity index is 1030. The second-order valence-corrected chi connectivity index (χ2v) is 6.26. The van der Waals surface area contributed by atoms with Crippen molar-refractivity contribution in [2.24, 2.45) is 0 Å². The largest absolute Gasteiger partial charge is 0.573 e. The van der Waals surface area contributed by atoms with E-state index in [1.165, 1.54) is 24.3 Å². The minimum absolute atomic E-state index is 0.00245. The second-order valence-electron chi connectivity index (χ2n) is 6.26. The maximum atomic E-state index is 14.0. The molecule has 0 fully saturated rings. The molecular formula is C20H17F5N4O2. The lowest BCUT2D eigenvalue weighted by atomic mass is 10.1. The maximum Gasteiger partial charge on any atom is 0.573 e. The van der Waals surface area contributed by atoms with E-state index in [9.17, 15) is 22.0 Å². The molecule has 3 rings (SSSR count). The molecule has 6 nitrogen and oxygen atoms in total. The number of hydrogen-bond acceptors (Lipinski definition) is 6. The number of para-hydroxylation sites is 1. The third kappa shape index (κ3) is 6.25. The Kier molecular flexibility index (Phi) is 6.85. The molecule has 0 saturated carbocycles. The van der Waals surface area contributed by atoms with Crippen LogP contribution in [-0.2, 0) is 0 Å². The van der Waals surface area contributed by atoms with Gasteiger partial charge in [0.1, 0.15) is 28.9 Å². The third-order valence-electron chi connectivity index (χ3n) is 3.92. The topological polar surface area (TPSA) is 79.3 Å². The Balaban J connectivity index is 1.98. The second kappa shape index (κ2) is 9.56. The molecule has 0 amide bonds. The summed E-state index contributed by atoms with van der Waals surface area (Å²) in [7, 11) is 0. The van der Waals surface area contributed by atoms with Gasteiger partial charge in [-0.2, -0.15) is 4.98 Å². The van der Waals surface area contributed by atoms with Crippen LogP contribution in [0, 0.1) is 11.6 Å². The van der Waals surface area contributed by atoms with E-state index in [2.05, 4.69) is 25.3 Å². The predicted octanol–water partition coefficient (Wildman–Crippen LogP) is 4.86. The van der Waals surface area contributed by atoms with Crippen molar-refractivity contribution >= 4 is 17.5 Å². The van der Waals surface area contributed by atoms with Crippen LogP contribution in [0.5, 0.6) is 5.75 Å². The first-order valence-corrected chi connectivity index (χ1v) is 9.06. The summed E-state index contributed by atoms with van der Waals surface area (Å²) in [5.41, 5.74) is -0.0117. The summed E-state index contributed by atoms with van der Waals surface area (Å²) in [6.45, 7) is 0.208. The van der Waals surface area contributed by atoms with E-state index in [1.54, 1.807) is 0 Å². The number of nitrogens with one attached hydrogen (secondary N) is 2. The summed E-state index contributed by atoms with van der Waals surface area (Å²) in [4.78, 5) is 8.36. The molecule has 0 saturated heterocycles.